The highest BCUT2D eigenvalue weighted by Gasteiger charge is 2.26. The summed E-state index contributed by atoms with van der Waals surface area (Å²) in [6.45, 7) is 3.90. The molecule has 2 atom stereocenters. The molecular weight excluding hydrogens is 560 g/mol. The Bertz CT molecular complexity index is 1920. The molecule has 0 saturated carbocycles. The number of hydrogen-bond acceptors (Lipinski definition) is 5. The normalized spacial score (nSPS) is 13.0. The predicted molar refractivity (Wildman–Crippen MR) is 169 cm³/mol. The Kier molecular flexibility index (Phi) is 7.88. The molecule has 6 aromatic rings. The third-order valence-corrected chi connectivity index (χ3v) is 8.05. The smallest absolute Gasteiger partial charge is 0.254 e. The molecule has 9 heteroatoms. The average molecular weight is 592 g/mol. The number of nitrogens with one attached hydrogen (secondary N) is 2. The van der Waals surface area contributed by atoms with Gasteiger partial charge in [-0.05, 0) is 68.4 Å². The van der Waals surface area contributed by atoms with Crippen LogP contribution in [0, 0.1) is 11.6 Å². The van der Waals surface area contributed by atoms with Crippen LogP contribution in [0.1, 0.15) is 47.4 Å². The third-order valence-electron chi connectivity index (χ3n) is 8.05. The van der Waals surface area contributed by atoms with E-state index in [4.69, 9.17) is 0 Å². The van der Waals surface area contributed by atoms with Crippen LogP contribution in [0.2, 0.25) is 0 Å². The minimum Gasteiger partial charge on any atom is -0.336 e. The number of pyridine rings is 2. The first kappa shape index (κ1) is 29.1. The maximum Gasteiger partial charge on any atom is 0.254 e. The van der Waals surface area contributed by atoms with Crippen molar-refractivity contribution in [2.45, 2.75) is 39.0 Å². The first-order valence-electron chi connectivity index (χ1n) is 14.6. The van der Waals surface area contributed by atoms with Crippen molar-refractivity contribution in [3.05, 3.63) is 108 Å². The summed E-state index contributed by atoms with van der Waals surface area (Å²) in [5.74, 6) is -1.44. The molecule has 0 fully saturated rings. The number of carbonyl (C=O) groups excluding carboxylic acids is 2. The highest BCUT2D eigenvalue weighted by atomic mass is 19.1. The zero-order chi connectivity index (χ0) is 31.0. The van der Waals surface area contributed by atoms with E-state index in [1.54, 1.807) is 36.4 Å². The molecule has 0 aliphatic rings. The quantitative estimate of drug-likeness (QED) is 0.148. The van der Waals surface area contributed by atoms with Crippen LogP contribution in [0.4, 0.5) is 8.78 Å². The van der Waals surface area contributed by atoms with Crippen molar-refractivity contribution in [1.82, 2.24) is 25.5 Å². The summed E-state index contributed by atoms with van der Waals surface area (Å²) in [7, 11) is 1.85. The second kappa shape index (κ2) is 11.9. The van der Waals surface area contributed by atoms with E-state index in [0.717, 1.165) is 21.5 Å². The molecule has 2 heterocycles. The molecule has 7 nitrogen and oxygen atoms in total. The highest BCUT2D eigenvalue weighted by molar-refractivity contribution is 6.09. The molecule has 0 radical (unpaired) electrons. The van der Waals surface area contributed by atoms with Gasteiger partial charge in [0.1, 0.15) is 11.6 Å². The number of nitrogens with zero attached hydrogens (tertiary/aromatic N) is 3. The monoisotopic (exact) mass is 591 g/mol. The Morgan fingerprint density at radius 3 is 1.50 bits per heavy atom. The summed E-state index contributed by atoms with van der Waals surface area (Å²) in [6.07, 6.45) is 0.291. The van der Waals surface area contributed by atoms with E-state index < -0.39 is 24.0 Å². The highest BCUT2D eigenvalue weighted by Crippen LogP contribution is 2.25. The van der Waals surface area contributed by atoms with Crippen LogP contribution in [-0.2, 0) is 0 Å². The van der Waals surface area contributed by atoms with Gasteiger partial charge in [0.15, 0.2) is 0 Å². The van der Waals surface area contributed by atoms with Crippen molar-refractivity contribution < 1.29 is 18.4 Å². The van der Waals surface area contributed by atoms with Gasteiger partial charge in [0, 0.05) is 33.7 Å². The Morgan fingerprint density at radius 1 is 0.659 bits per heavy atom. The fourth-order valence-corrected chi connectivity index (χ4v) is 5.68. The van der Waals surface area contributed by atoms with Crippen LogP contribution in [0.15, 0.2) is 84.9 Å². The molecular formula is C35H31F2N5O2. The molecule has 0 spiro atoms. The van der Waals surface area contributed by atoms with Crippen molar-refractivity contribution in [1.29, 1.82) is 0 Å². The first-order valence-corrected chi connectivity index (χ1v) is 14.6. The molecule has 44 heavy (non-hydrogen) atoms. The van der Waals surface area contributed by atoms with E-state index in [-0.39, 0.29) is 11.8 Å². The second-order valence-corrected chi connectivity index (χ2v) is 10.9. The van der Waals surface area contributed by atoms with Crippen LogP contribution in [0.25, 0.3) is 43.6 Å². The van der Waals surface area contributed by atoms with E-state index in [9.17, 15) is 18.4 Å². The number of hydrogen-bond donors (Lipinski definition) is 2. The second-order valence-electron chi connectivity index (χ2n) is 10.9. The van der Waals surface area contributed by atoms with E-state index in [2.05, 4.69) is 20.6 Å². The number of benzene rings is 4. The maximum absolute atomic E-state index is 13.9. The summed E-state index contributed by atoms with van der Waals surface area (Å²) >= 11 is 0. The zero-order valence-electron chi connectivity index (χ0n) is 24.6. The minimum atomic E-state index is -0.418. The fraction of sp³-hybridized carbons (Fsp3) is 0.200. The summed E-state index contributed by atoms with van der Waals surface area (Å²) in [6, 6.07) is 23.3. The van der Waals surface area contributed by atoms with Gasteiger partial charge in [0.25, 0.3) is 11.8 Å². The maximum atomic E-state index is 13.9. The van der Waals surface area contributed by atoms with Crippen LogP contribution in [0.5, 0.6) is 0 Å². The summed E-state index contributed by atoms with van der Waals surface area (Å²) < 4.78 is 27.8. The van der Waals surface area contributed by atoms with Crippen LogP contribution < -0.4 is 10.6 Å². The lowest BCUT2D eigenvalue weighted by atomic mass is 10.1. The Morgan fingerprint density at radius 2 is 1.09 bits per heavy atom. The summed E-state index contributed by atoms with van der Waals surface area (Å²) in [4.78, 5) is 38.3. The predicted octanol–water partition coefficient (Wildman–Crippen LogP) is 6.93. The number of fused-ring (bicyclic) bond motifs is 4. The van der Waals surface area contributed by atoms with Crippen molar-refractivity contribution in [3.8, 4) is 0 Å². The minimum absolute atomic E-state index is 0.323. The molecule has 4 aromatic carbocycles. The molecule has 0 aliphatic heterocycles. The van der Waals surface area contributed by atoms with E-state index >= 15 is 0 Å². The molecule has 2 amide bonds. The summed E-state index contributed by atoms with van der Waals surface area (Å²) in [5.41, 5.74) is 2.66. The molecule has 2 N–H and O–H groups in total. The van der Waals surface area contributed by atoms with Gasteiger partial charge in [-0.2, -0.15) is 0 Å². The first-order chi connectivity index (χ1) is 21.2. The molecule has 0 bridgehead atoms. The van der Waals surface area contributed by atoms with Crippen molar-refractivity contribution in [2.24, 2.45) is 0 Å². The number of para-hydroxylation sites is 2. The standard InChI is InChI=1S/C35H31F2N5O2/c1-4-30(40-34(43)26-10-6-8-22-16-20-12-14-24(36)18-28(20)38-32(22)26)42(3)31(5-2)41-35(44)27-11-7-9-23-17-21-13-15-25(37)19-29(21)39-33(23)27/h6-19,30-31H,4-5H2,1-3H3,(H,40,43)(H,41,44). The zero-order valence-corrected chi connectivity index (χ0v) is 24.6. The van der Waals surface area contributed by atoms with Crippen molar-refractivity contribution in [3.63, 3.8) is 0 Å². The van der Waals surface area contributed by atoms with Gasteiger partial charge in [-0.15, -0.1) is 0 Å². The van der Waals surface area contributed by atoms with Gasteiger partial charge in [-0.3, -0.25) is 14.5 Å². The van der Waals surface area contributed by atoms with Gasteiger partial charge in [0.05, 0.1) is 45.5 Å². The van der Waals surface area contributed by atoms with E-state index in [0.29, 0.717) is 46.0 Å². The Balaban J connectivity index is 1.24. The Hall–Kier alpha value is -5.02. The Labute approximate surface area is 252 Å². The SMILES string of the molecule is CCC(NC(=O)c1cccc2cc3ccc(F)cc3nc12)N(C)C(CC)NC(=O)c1cccc2cc3ccc(F)cc3nc12. The van der Waals surface area contributed by atoms with E-state index in [1.807, 2.05) is 50.1 Å². The van der Waals surface area contributed by atoms with Crippen molar-refractivity contribution >= 4 is 55.4 Å². The number of rotatable bonds is 8. The summed E-state index contributed by atoms with van der Waals surface area (Å²) in [5, 5.41) is 9.30. The molecule has 0 aliphatic carbocycles. The van der Waals surface area contributed by atoms with E-state index in [1.165, 1.54) is 24.3 Å². The lowest BCUT2D eigenvalue weighted by Crippen LogP contribution is -2.55. The van der Waals surface area contributed by atoms with Crippen LogP contribution in [-0.4, -0.2) is 46.1 Å². The van der Waals surface area contributed by atoms with Gasteiger partial charge in [0.2, 0.25) is 0 Å². The topological polar surface area (TPSA) is 87.2 Å². The number of halogens is 2. The average Bonchev–Trinajstić information content (AvgIpc) is 3.03. The lowest BCUT2D eigenvalue weighted by molar-refractivity contribution is 0.0701. The third kappa shape index (κ3) is 5.54. The van der Waals surface area contributed by atoms with Crippen LogP contribution >= 0.6 is 0 Å². The number of aromatic nitrogens is 2. The van der Waals surface area contributed by atoms with Gasteiger partial charge >= 0.3 is 0 Å². The fourth-order valence-electron chi connectivity index (χ4n) is 5.68. The lowest BCUT2D eigenvalue weighted by Gasteiger charge is -2.35. The van der Waals surface area contributed by atoms with Gasteiger partial charge in [-0.25, -0.2) is 18.7 Å². The van der Waals surface area contributed by atoms with Gasteiger partial charge < -0.3 is 10.6 Å². The largest absolute Gasteiger partial charge is 0.336 e. The molecule has 2 aromatic heterocycles. The van der Waals surface area contributed by atoms with Crippen molar-refractivity contribution in [2.75, 3.05) is 7.05 Å². The molecule has 222 valence electrons. The number of amides is 2. The molecule has 2 unspecified atom stereocenters. The van der Waals surface area contributed by atoms with Crippen LogP contribution in [0.3, 0.4) is 0 Å². The van der Waals surface area contributed by atoms with Gasteiger partial charge in [-0.1, -0.05) is 38.1 Å². The molecule has 0 saturated heterocycles. The number of carbonyl (C=O) groups is 2. The molecule has 6 rings (SSSR count).